The lowest BCUT2D eigenvalue weighted by Crippen LogP contribution is -2.42. The Morgan fingerprint density at radius 1 is 1.14 bits per heavy atom. The predicted octanol–water partition coefficient (Wildman–Crippen LogP) is 5.20. The number of nitrogens with zero attached hydrogens (tertiary/aromatic N) is 1. The van der Waals surface area contributed by atoms with Crippen LogP contribution in [-0.2, 0) is 4.79 Å². The molecular formula is C24H26N2O2S. The van der Waals surface area contributed by atoms with Gasteiger partial charge >= 0.3 is 0 Å². The lowest BCUT2D eigenvalue weighted by Gasteiger charge is -2.35. The molecule has 4 rings (SSSR count). The van der Waals surface area contributed by atoms with Crippen LogP contribution in [-0.4, -0.2) is 29.8 Å². The smallest absolute Gasteiger partial charge is 0.262 e. The number of nitrogens with one attached hydrogen (secondary N) is 1. The van der Waals surface area contributed by atoms with Crippen LogP contribution < -0.4 is 5.32 Å². The molecule has 0 aromatic heterocycles. The largest absolute Gasteiger partial charge is 0.338 e. The highest BCUT2D eigenvalue weighted by molar-refractivity contribution is 8.04. The number of fused-ring (bicyclic) bond motifs is 1. The van der Waals surface area contributed by atoms with Crippen molar-refractivity contribution in [1.82, 2.24) is 4.90 Å². The summed E-state index contributed by atoms with van der Waals surface area (Å²) in [6.45, 7) is 8.02. The number of hydrogen-bond acceptors (Lipinski definition) is 3. The fourth-order valence-corrected chi connectivity index (χ4v) is 5.15. The summed E-state index contributed by atoms with van der Waals surface area (Å²) in [5.74, 6) is 0.954. The normalized spacial score (nSPS) is 22.9. The van der Waals surface area contributed by atoms with E-state index in [1.165, 1.54) is 11.8 Å². The fraction of sp³-hybridized carbons (Fsp3) is 0.333. The van der Waals surface area contributed by atoms with E-state index in [-0.39, 0.29) is 11.8 Å². The molecule has 0 unspecified atom stereocenters. The molecule has 2 atom stereocenters. The van der Waals surface area contributed by atoms with Crippen LogP contribution in [0.1, 0.15) is 41.8 Å². The number of likely N-dealkylation sites (tertiary alicyclic amines) is 1. The monoisotopic (exact) mass is 406 g/mol. The Balaban J connectivity index is 1.56. The second-order valence-electron chi connectivity index (χ2n) is 8.35. The molecule has 150 valence electrons. The van der Waals surface area contributed by atoms with Crippen LogP contribution in [0.4, 0.5) is 5.69 Å². The summed E-state index contributed by atoms with van der Waals surface area (Å²) in [6, 6.07) is 13.7. The number of hydrogen-bond donors (Lipinski definition) is 1. The molecule has 29 heavy (non-hydrogen) atoms. The maximum absolute atomic E-state index is 13.0. The zero-order valence-corrected chi connectivity index (χ0v) is 17.9. The van der Waals surface area contributed by atoms with E-state index in [2.05, 4.69) is 25.2 Å². The molecule has 2 aliphatic rings. The standard InChI is InChI=1S/C24H26N2O2S/c1-15-5-4-6-18(10-15)11-22-23(27)25-20-12-19(7-8-21(20)29-22)24(28)26-13-16(2)9-17(3)14-26/h4-8,10-12,16-17H,9,13-14H2,1-3H3,(H,25,27)/b22-11+/t16-,17-/m0/s1. The van der Waals surface area contributed by atoms with Crippen LogP contribution in [0.15, 0.2) is 52.3 Å². The minimum absolute atomic E-state index is 0.0477. The molecule has 0 bridgehead atoms. The minimum atomic E-state index is -0.131. The Hall–Kier alpha value is -2.53. The van der Waals surface area contributed by atoms with E-state index in [0.717, 1.165) is 35.5 Å². The van der Waals surface area contributed by atoms with Gasteiger partial charge in [0.15, 0.2) is 0 Å². The molecule has 2 amide bonds. The third kappa shape index (κ3) is 4.40. The molecule has 1 fully saturated rings. The number of benzene rings is 2. The van der Waals surface area contributed by atoms with Gasteiger partial charge in [0, 0.05) is 23.5 Å². The number of carbonyl (C=O) groups is 2. The molecule has 0 saturated carbocycles. The lowest BCUT2D eigenvalue weighted by molar-refractivity contribution is -0.112. The summed E-state index contributed by atoms with van der Waals surface area (Å²) >= 11 is 1.45. The van der Waals surface area contributed by atoms with Gasteiger partial charge in [-0.05, 0) is 55.0 Å². The molecule has 2 aromatic rings. The second kappa shape index (κ2) is 8.07. The van der Waals surface area contributed by atoms with Gasteiger partial charge in [0.25, 0.3) is 11.8 Å². The first kappa shape index (κ1) is 19.8. The highest BCUT2D eigenvalue weighted by Gasteiger charge is 2.28. The maximum atomic E-state index is 13.0. The Morgan fingerprint density at radius 2 is 1.90 bits per heavy atom. The Kier molecular flexibility index (Phi) is 5.50. The van der Waals surface area contributed by atoms with Gasteiger partial charge in [-0.25, -0.2) is 0 Å². The van der Waals surface area contributed by atoms with E-state index < -0.39 is 0 Å². The molecule has 1 saturated heterocycles. The van der Waals surface area contributed by atoms with E-state index in [9.17, 15) is 9.59 Å². The van der Waals surface area contributed by atoms with Crippen molar-refractivity contribution in [3.63, 3.8) is 0 Å². The zero-order valence-electron chi connectivity index (χ0n) is 17.1. The summed E-state index contributed by atoms with van der Waals surface area (Å²) < 4.78 is 0. The first-order valence-corrected chi connectivity index (χ1v) is 10.9. The number of carbonyl (C=O) groups excluding carboxylic acids is 2. The summed E-state index contributed by atoms with van der Waals surface area (Å²) in [5.41, 5.74) is 3.51. The van der Waals surface area contributed by atoms with Crippen LogP contribution in [0.25, 0.3) is 6.08 Å². The highest BCUT2D eigenvalue weighted by Crippen LogP contribution is 2.39. The molecule has 2 aromatic carbocycles. The van der Waals surface area contributed by atoms with Crippen molar-refractivity contribution >= 4 is 35.3 Å². The van der Waals surface area contributed by atoms with Crippen LogP contribution in [0.5, 0.6) is 0 Å². The molecular weight excluding hydrogens is 380 g/mol. The maximum Gasteiger partial charge on any atom is 0.262 e. The van der Waals surface area contributed by atoms with Crippen LogP contribution >= 0.6 is 11.8 Å². The molecule has 2 heterocycles. The predicted molar refractivity (Wildman–Crippen MR) is 119 cm³/mol. The van der Waals surface area contributed by atoms with Crippen molar-refractivity contribution in [3.8, 4) is 0 Å². The second-order valence-corrected chi connectivity index (χ2v) is 9.43. The van der Waals surface area contributed by atoms with Crippen molar-refractivity contribution < 1.29 is 9.59 Å². The Labute approximate surface area is 176 Å². The highest BCUT2D eigenvalue weighted by atomic mass is 32.2. The van der Waals surface area contributed by atoms with Gasteiger partial charge in [-0.15, -0.1) is 0 Å². The Morgan fingerprint density at radius 3 is 2.62 bits per heavy atom. The summed E-state index contributed by atoms with van der Waals surface area (Å²) in [5, 5.41) is 2.96. The first-order chi connectivity index (χ1) is 13.9. The number of aryl methyl sites for hydroxylation is 1. The summed E-state index contributed by atoms with van der Waals surface area (Å²) in [7, 11) is 0. The average molecular weight is 407 g/mol. The van der Waals surface area contributed by atoms with Gasteiger partial charge < -0.3 is 10.2 Å². The number of rotatable bonds is 2. The van der Waals surface area contributed by atoms with Crippen molar-refractivity contribution in [1.29, 1.82) is 0 Å². The van der Waals surface area contributed by atoms with Crippen molar-refractivity contribution in [2.75, 3.05) is 18.4 Å². The minimum Gasteiger partial charge on any atom is -0.338 e. The van der Waals surface area contributed by atoms with Gasteiger partial charge in [0.1, 0.15) is 0 Å². The summed E-state index contributed by atoms with van der Waals surface area (Å²) in [6.07, 6.45) is 3.07. The average Bonchev–Trinajstić information content (AvgIpc) is 2.67. The number of piperidine rings is 1. The van der Waals surface area contributed by atoms with E-state index in [1.807, 2.05) is 54.3 Å². The van der Waals surface area contributed by atoms with Crippen molar-refractivity contribution in [2.24, 2.45) is 11.8 Å². The van der Waals surface area contributed by atoms with E-state index >= 15 is 0 Å². The molecule has 1 N–H and O–H groups in total. The molecule has 4 nitrogen and oxygen atoms in total. The Bertz CT molecular complexity index is 988. The van der Waals surface area contributed by atoms with Crippen LogP contribution in [0.3, 0.4) is 0 Å². The molecule has 2 aliphatic heterocycles. The van der Waals surface area contributed by atoms with Gasteiger partial charge in [0.05, 0.1) is 10.6 Å². The van der Waals surface area contributed by atoms with Crippen LogP contribution in [0.2, 0.25) is 0 Å². The van der Waals surface area contributed by atoms with Gasteiger partial charge in [-0.2, -0.15) is 0 Å². The van der Waals surface area contributed by atoms with Gasteiger partial charge in [-0.3, -0.25) is 9.59 Å². The van der Waals surface area contributed by atoms with Crippen LogP contribution in [0, 0.1) is 18.8 Å². The number of amides is 2. The van der Waals surface area contributed by atoms with Gasteiger partial charge in [-0.1, -0.05) is 55.4 Å². The SMILES string of the molecule is Cc1cccc(/C=C2/Sc3ccc(C(=O)N4C[C@@H](C)C[C@H](C)C4)cc3NC2=O)c1. The molecule has 0 aliphatic carbocycles. The van der Waals surface area contributed by atoms with Crippen molar-refractivity contribution in [3.05, 3.63) is 64.1 Å². The van der Waals surface area contributed by atoms with Gasteiger partial charge in [0.2, 0.25) is 0 Å². The number of anilines is 1. The van der Waals surface area contributed by atoms with Crippen molar-refractivity contribution in [2.45, 2.75) is 32.1 Å². The lowest BCUT2D eigenvalue weighted by atomic mass is 9.91. The molecule has 0 spiro atoms. The van der Waals surface area contributed by atoms with E-state index in [0.29, 0.717) is 28.0 Å². The first-order valence-electron chi connectivity index (χ1n) is 10.1. The van der Waals surface area contributed by atoms with E-state index in [1.54, 1.807) is 0 Å². The third-order valence-corrected chi connectivity index (χ3v) is 6.51. The molecule has 5 heteroatoms. The third-order valence-electron chi connectivity index (χ3n) is 5.41. The molecule has 0 radical (unpaired) electrons. The summed E-state index contributed by atoms with van der Waals surface area (Å²) in [4.78, 5) is 29.2. The quantitative estimate of drug-likeness (QED) is 0.698. The zero-order chi connectivity index (χ0) is 20.5. The topological polar surface area (TPSA) is 49.4 Å². The number of thioether (sulfide) groups is 1. The van der Waals surface area contributed by atoms with E-state index in [4.69, 9.17) is 0 Å². The fourth-order valence-electron chi connectivity index (χ4n) is 4.22.